The minimum atomic E-state index is -0.107. The van der Waals surface area contributed by atoms with Crippen LogP contribution in [0.2, 0.25) is 0 Å². The van der Waals surface area contributed by atoms with E-state index >= 15 is 0 Å². The van der Waals surface area contributed by atoms with Crippen LogP contribution in [0.15, 0.2) is 54.9 Å². The molecule has 4 rings (SSSR count). The molecule has 0 aliphatic carbocycles. The number of nitrogens with zero attached hydrogens (tertiary/aromatic N) is 4. The Kier molecular flexibility index (Phi) is 7.00. The molecule has 2 aromatic heterocycles. The van der Waals surface area contributed by atoms with Gasteiger partial charge in [0.2, 0.25) is 0 Å². The molecule has 0 spiro atoms. The fraction of sp³-hybridized carbons (Fsp3) is 0.423. The van der Waals surface area contributed by atoms with Crippen LogP contribution in [-0.4, -0.2) is 38.7 Å². The van der Waals surface area contributed by atoms with Crippen molar-refractivity contribution in [1.82, 2.24) is 25.0 Å². The van der Waals surface area contributed by atoms with Crippen LogP contribution in [0.1, 0.15) is 54.4 Å². The van der Waals surface area contributed by atoms with E-state index in [4.69, 9.17) is 0 Å². The first-order valence-electron chi connectivity index (χ1n) is 11.6. The highest BCUT2D eigenvalue weighted by Crippen LogP contribution is 2.22. The molecule has 0 radical (unpaired) electrons. The third-order valence-electron chi connectivity index (χ3n) is 6.14. The second-order valence-electron chi connectivity index (χ2n) is 9.10. The molecule has 1 aromatic carbocycles. The molecule has 0 saturated carbocycles. The minimum Gasteiger partial charge on any atom is -0.348 e. The Morgan fingerprint density at radius 3 is 2.44 bits per heavy atom. The maximum atomic E-state index is 12.8. The van der Waals surface area contributed by atoms with E-state index in [2.05, 4.69) is 58.4 Å². The van der Waals surface area contributed by atoms with Crippen molar-refractivity contribution in [1.29, 1.82) is 0 Å². The van der Waals surface area contributed by atoms with Gasteiger partial charge in [0.05, 0.1) is 17.5 Å². The van der Waals surface area contributed by atoms with Gasteiger partial charge in [-0.1, -0.05) is 51.1 Å². The standard InChI is InChI=1S/C26H33N5O/c1-4-24-23(15-29-31(24)25-7-5-6-12-27-25)26(32)28-14-21-8-10-22(11-9-21)18-30-16-19(2)13-20(3)17-30/h5-12,15,19-20H,4,13-14,16-18H2,1-3H3,(H,28,32). The normalized spacial score (nSPS) is 19.1. The Labute approximate surface area is 190 Å². The van der Waals surface area contributed by atoms with Gasteiger partial charge in [-0.25, -0.2) is 9.67 Å². The van der Waals surface area contributed by atoms with Crippen molar-refractivity contribution in [3.8, 4) is 5.82 Å². The maximum Gasteiger partial charge on any atom is 0.255 e. The molecular weight excluding hydrogens is 398 g/mol. The third-order valence-corrected chi connectivity index (χ3v) is 6.14. The molecule has 32 heavy (non-hydrogen) atoms. The first-order chi connectivity index (χ1) is 15.5. The van der Waals surface area contributed by atoms with Crippen LogP contribution in [-0.2, 0) is 19.5 Å². The van der Waals surface area contributed by atoms with Crippen molar-refractivity contribution in [3.05, 3.63) is 77.2 Å². The van der Waals surface area contributed by atoms with Crippen LogP contribution in [0.25, 0.3) is 5.82 Å². The highest BCUT2D eigenvalue weighted by molar-refractivity contribution is 5.95. The lowest BCUT2D eigenvalue weighted by molar-refractivity contribution is 0.0950. The van der Waals surface area contributed by atoms with Gasteiger partial charge in [0.15, 0.2) is 5.82 Å². The number of carbonyl (C=O) groups is 1. The Morgan fingerprint density at radius 1 is 1.06 bits per heavy atom. The number of nitrogens with one attached hydrogen (secondary N) is 1. The highest BCUT2D eigenvalue weighted by Gasteiger charge is 2.21. The molecule has 1 aliphatic rings. The van der Waals surface area contributed by atoms with Crippen molar-refractivity contribution in [3.63, 3.8) is 0 Å². The van der Waals surface area contributed by atoms with Crippen LogP contribution < -0.4 is 5.32 Å². The van der Waals surface area contributed by atoms with Gasteiger partial charge in [-0.05, 0) is 47.9 Å². The van der Waals surface area contributed by atoms with Crippen LogP contribution in [0.3, 0.4) is 0 Å². The fourth-order valence-corrected chi connectivity index (χ4v) is 4.80. The summed E-state index contributed by atoms with van der Waals surface area (Å²) < 4.78 is 1.74. The van der Waals surface area contributed by atoms with E-state index in [1.54, 1.807) is 17.1 Å². The average molecular weight is 432 g/mol. The molecule has 3 heterocycles. The summed E-state index contributed by atoms with van der Waals surface area (Å²) in [6, 6.07) is 14.3. The predicted molar refractivity (Wildman–Crippen MR) is 127 cm³/mol. The molecule has 6 nitrogen and oxygen atoms in total. The van der Waals surface area contributed by atoms with Gasteiger partial charge in [0.25, 0.3) is 5.91 Å². The molecule has 1 aliphatic heterocycles. The maximum absolute atomic E-state index is 12.8. The van der Waals surface area contributed by atoms with E-state index in [1.165, 1.54) is 25.1 Å². The van der Waals surface area contributed by atoms with Gasteiger partial charge in [0, 0.05) is 32.4 Å². The van der Waals surface area contributed by atoms with Crippen molar-refractivity contribution in [2.24, 2.45) is 11.8 Å². The van der Waals surface area contributed by atoms with E-state index in [0.29, 0.717) is 18.5 Å². The topological polar surface area (TPSA) is 63.1 Å². The van der Waals surface area contributed by atoms with E-state index in [0.717, 1.165) is 35.5 Å². The molecule has 1 amide bonds. The molecule has 1 saturated heterocycles. The molecule has 2 unspecified atom stereocenters. The number of pyridine rings is 1. The summed E-state index contributed by atoms with van der Waals surface area (Å²) in [6.07, 6.45) is 5.39. The number of piperidine rings is 1. The second kappa shape index (κ2) is 10.1. The molecule has 1 N–H and O–H groups in total. The minimum absolute atomic E-state index is 0.107. The van der Waals surface area contributed by atoms with Crippen molar-refractivity contribution >= 4 is 5.91 Å². The predicted octanol–water partition coefficient (Wildman–Crippen LogP) is 4.24. The number of benzene rings is 1. The summed E-state index contributed by atoms with van der Waals surface area (Å²) in [7, 11) is 0. The second-order valence-corrected chi connectivity index (χ2v) is 9.10. The summed E-state index contributed by atoms with van der Waals surface area (Å²) in [5.41, 5.74) is 3.88. The number of carbonyl (C=O) groups excluding carboxylic acids is 1. The molecule has 3 aromatic rings. The number of likely N-dealkylation sites (tertiary alicyclic amines) is 1. The molecular formula is C26H33N5O. The first-order valence-corrected chi connectivity index (χ1v) is 11.6. The van der Waals surface area contributed by atoms with E-state index < -0.39 is 0 Å². The van der Waals surface area contributed by atoms with E-state index in [-0.39, 0.29) is 5.91 Å². The van der Waals surface area contributed by atoms with Gasteiger partial charge < -0.3 is 5.32 Å². The summed E-state index contributed by atoms with van der Waals surface area (Å²) in [5, 5.41) is 7.44. The summed E-state index contributed by atoms with van der Waals surface area (Å²) in [6.45, 7) is 10.6. The highest BCUT2D eigenvalue weighted by atomic mass is 16.1. The first kappa shape index (κ1) is 22.2. The summed E-state index contributed by atoms with van der Waals surface area (Å²) >= 11 is 0. The van der Waals surface area contributed by atoms with Crippen LogP contribution >= 0.6 is 0 Å². The monoisotopic (exact) mass is 431 g/mol. The van der Waals surface area contributed by atoms with E-state index in [1.807, 2.05) is 25.1 Å². The number of aromatic nitrogens is 3. The fourth-order valence-electron chi connectivity index (χ4n) is 4.80. The average Bonchev–Trinajstić information content (AvgIpc) is 3.22. The van der Waals surface area contributed by atoms with Gasteiger partial charge >= 0.3 is 0 Å². The Hall–Kier alpha value is -2.99. The number of hydrogen-bond donors (Lipinski definition) is 1. The van der Waals surface area contributed by atoms with Crippen molar-refractivity contribution < 1.29 is 4.79 Å². The zero-order valence-electron chi connectivity index (χ0n) is 19.3. The zero-order chi connectivity index (χ0) is 22.5. The molecule has 168 valence electrons. The van der Waals surface area contributed by atoms with Crippen molar-refractivity contribution in [2.45, 2.75) is 46.7 Å². The van der Waals surface area contributed by atoms with Crippen LogP contribution in [0, 0.1) is 11.8 Å². The molecule has 1 fully saturated rings. The third kappa shape index (κ3) is 5.25. The summed E-state index contributed by atoms with van der Waals surface area (Å²) in [5.74, 6) is 2.15. The number of amides is 1. The number of hydrogen-bond acceptors (Lipinski definition) is 4. The SMILES string of the molecule is CCc1c(C(=O)NCc2ccc(CN3CC(C)CC(C)C3)cc2)cnn1-c1ccccn1. The lowest BCUT2D eigenvalue weighted by atomic mass is 9.91. The lowest BCUT2D eigenvalue weighted by Crippen LogP contribution is -2.38. The summed E-state index contributed by atoms with van der Waals surface area (Å²) in [4.78, 5) is 19.7. The quantitative estimate of drug-likeness (QED) is 0.608. The smallest absolute Gasteiger partial charge is 0.255 e. The number of rotatable bonds is 7. The molecule has 0 bridgehead atoms. The zero-order valence-corrected chi connectivity index (χ0v) is 19.3. The lowest BCUT2D eigenvalue weighted by Gasteiger charge is -2.35. The largest absolute Gasteiger partial charge is 0.348 e. The Balaban J connectivity index is 1.36. The Morgan fingerprint density at radius 2 is 1.78 bits per heavy atom. The van der Waals surface area contributed by atoms with Gasteiger partial charge in [-0.3, -0.25) is 9.69 Å². The van der Waals surface area contributed by atoms with Gasteiger partial charge in [-0.15, -0.1) is 0 Å². The molecule has 2 atom stereocenters. The molecule has 6 heteroatoms. The van der Waals surface area contributed by atoms with Gasteiger partial charge in [-0.2, -0.15) is 5.10 Å². The van der Waals surface area contributed by atoms with E-state index in [9.17, 15) is 4.79 Å². The van der Waals surface area contributed by atoms with Crippen molar-refractivity contribution in [2.75, 3.05) is 13.1 Å². The van der Waals surface area contributed by atoms with Crippen LogP contribution in [0.4, 0.5) is 0 Å². The van der Waals surface area contributed by atoms with Crippen LogP contribution in [0.5, 0.6) is 0 Å². The van der Waals surface area contributed by atoms with Gasteiger partial charge in [0.1, 0.15) is 0 Å². The Bertz CT molecular complexity index is 1020.